The SMILES string of the molecule is N#C[C@H]1C(=N)Oc2c(c(=O)oc3ccccc23)[C@H]1c1ccco1. The zero-order valence-corrected chi connectivity index (χ0v) is 11.8. The van der Waals surface area contributed by atoms with Gasteiger partial charge in [0, 0.05) is 0 Å². The van der Waals surface area contributed by atoms with Crippen molar-refractivity contribution in [3.8, 4) is 11.8 Å². The highest BCUT2D eigenvalue weighted by Crippen LogP contribution is 2.43. The van der Waals surface area contributed by atoms with Gasteiger partial charge in [-0.3, -0.25) is 5.41 Å². The van der Waals surface area contributed by atoms with Crippen molar-refractivity contribution in [2.45, 2.75) is 5.92 Å². The van der Waals surface area contributed by atoms with E-state index in [1.807, 2.05) is 6.07 Å². The third kappa shape index (κ3) is 1.87. The zero-order valence-electron chi connectivity index (χ0n) is 11.8. The first-order valence-electron chi connectivity index (χ1n) is 6.95. The predicted molar refractivity (Wildman–Crippen MR) is 80.5 cm³/mol. The van der Waals surface area contributed by atoms with Crippen molar-refractivity contribution >= 4 is 16.9 Å². The van der Waals surface area contributed by atoms with Crippen LogP contribution in [0.3, 0.4) is 0 Å². The van der Waals surface area contributed by atoms with Crippen molar-refractivity contribution in [1.82, 2.24) is 0 Å². The minimum atomic E-state index is -0.947. The lowest BCUT2D eigenvalue weighted by molar-refractivity contribution is 0.393. The molecule has 1 aliphatic heterocycles. The standard InChI is InChI=1S/C17H10N2O4/c18-8-10-13(12-6-3-7-21-12)14-15(23-16(10)19)9-4-1-2-5-11(9)22-17(14)20/h1-7,10,13,19H/t10-,13-/m1/s1. The number of fused-ring (bicyclic) bond motifs is 3. The summed E-state index contributed by atoms with van der Waals surface area (Å²) in [5.41, 5.74) is -0.00768. The predicted octanol–water partition coefficient (Wildman–Crippen LogP) is 3.03. The van der Waals surface area contributed by atoms with Crippen LogP contribution in [0.2, 0.25) is 0 Å². The molecular formula is C17H10N2O4. The molecule has 1 N–H and O–H groups in total. The molecule has 0 aliphatic carbocycles. The average molecular weight is 306 g/mol. The van der Waals surface area contributed by atoms with Gasteiger partial charge in [-0.25, -0.2) is 4.79 Å². The lowest BCUT2D eigenvalue weighted by Gasteiger charge is -2.28. The summed E-state index contributed by atoms with van der Waals surface area (Å²) in [6, 6.07) is 12.3. The molecule has 3 heterocycles. The molecule has 2 atom stereocenters. The summed E-state index contributed by atoms with van der Waals surface area (Å²) in [6.45, 7) is 0. The molecule has 0 fully saturated rings. The highest BCUT2D eigenvalue weighted by molar-refractivity contribution is 5.92. The van der Waals surface area contributed by atoms with Crippen LogP contribution in [0.5, 0.6) is 5.75 Å². The maximum Gasteiger partial charge on any atom is 0.344 e. The smallest absolute Gasteiger partial charge is 0.344 e. The zero-order chi connectivity index (χ0) is 16.0. The van der Waals surface area contributed by atoms with E-state index in [9.17, 15) is 10.1 Å². The Labute approximate surface area is 130 Å². The second-order valence-corrected chi connectivity index (χ2v) is 5.19. The minimum Gasteiger partial charge on any atom is -0.469 e. The van der Waals surface area contributed by atoms with E-state index in [-0.39, 0.29) is 17.2 Å². The Balaban J connectivity index is 2.09. The maximum absolute atomic E-state index is 12.5. The van der Waals surface area contributed by atoms with E-state index in [4.69, 9.17) is 19.0 Å². The Kier molecular flexibility index (Phi) is 2.81. The number of benzene rings is 1. The number of furan rings is 1. The van der Waals surface area contributed by atoms with E-state index in [0.717, 1.165) is 0 Å². The highest BCUT2D eigenvalue weighted by Gasteiger charge is 2.42. The van der Waals surface area contributed by atoms with E-state index in [0.29, 0.717) is 16.7 Å². The molecule has 0 unspecified atom stereocenters. The topological polar surface area (TPSA) is 100 Å². The Morgan fingerprint density at radius 3 is 2.74 bits per heavy atom. The number of para-hydroxylation sites is 1. The fourth-order valence-electron chi connectivity index (χ4n) is 2.91. The highest BCUT2D eigenvalue weighted by atomic mass is 16.5. The van der Waals surface area contributed by atoms with Gasteiger partial charge < -0.3 is 13.6 Å². The number of nitriles is 1. The number of rotatable bonds is 1. The molecule has 3 aromatic rings. The molecule has 0 saturated heterocycles. The molecular weight excluding hydrogens is 296 g/mol. The lowest BCUT2D eigenvalue weighted by atomic mass is 9.82. The van der Waals surface area contributed by atoms with Crippen LogP contribution >= 0.6 is 0 Å². The fraction of sp³-hybridized carbons (Fsp3) is 0.118. The number of ether oxygens (including phenoxy) is 1. The second kappa shape index (κ2) is 4.85. The van der Waals surface area contributed by atoms with Crippen molar-refractivity contribution in [2.24, 2.45) is 5.92 Å². The minimum absolute atomic E-state index is 0.209. The first-order chi connectivity index (χ1) is 11.2. The largest absolute Gasteiger partial charge is 0.469 e. The van der Waals surface area contributed by atoms with Crippen LogP contribution in [-0.2, 0) is 0 Å². The summed E-state index contributed by atoms with van der Waals surface area (Å²) < 4.78 is 16.3. The Morgan fingerprint density at radius 2 is 2.00 bits per heavy atom. The third-order valence-corrected chi connectivity index (χ3v) is 3.93. The summed E-state index contributed by atoms with van der Waals surface area (Å²) in [4.78, 5) is 12.5. The molecule has 0 amide bonds. The Bertz CT molecular complexity index is 1010. The molecule has 0 spiro atoms. The van der Waals surface area contributed by atoms with Crippen LogP contribution in [0.1, 0.15) is 17.2 Å². The van der Waals surface area contributed by atoms with Crippen LogP contribution in [0.4, 0.5) is 0 Å². The van der Waals surface area contributed by atoms with Gasteiger partial charge in [0.05, 0.1) is 29.2 Å². The summed E-state index contributed by atoms with van der Waals surface area (Å²) >= 11 is 0. The molecule has 0 bridgehead atoms. The third-order valence-electron chi connectivity index (χ3n) is 3.93. The Hall–Kier alpha value is -3.33. The van der Waals surface area contributed by atoms with Gasteiger partial charge in [-0.05, 0) is 24.3 Å². The van der Waals surface area contributed by atoms with Crippen LogP contribution in [0.25, 0.3) is 11.0 Å². The quantitative estimate of drug-likeness (QED) is 0.696. The van der Waals surface area contributed by atoms with Gasteiger partial charge in [0.2, 0.25) is 5.90 Å². The van der Waals surface area contributed by atoms with Gasteiger partial charge >= 0.3 is 5.63 Å². The molecule has 4 rings (SSSR count). The molecule has 0 radical (unpaired) electrons. The first kappa shape index (κ1) is 13.3. The number of nitrogens with one attached hydrogen (secondary N) is 1. The summed E-state index contributed by atoms with van der Waals surface area (Å²) in [5.74, 6) is -1.20. The van der Waals surface area contributed by atoms with E-state index >= 15 is 0 Å². The van der Waals surface area contributed by atoms with Gasteiger partial charge in [-0.15, -0.1) is 0 Å². The molecule has 112 valence electrons. The Morgan fingerprint density at radius 1 is 1.17 bits per heavy atom. The number of hydrogen-bond donors (Lipinski definition) is 1. The normalized spacial score (nSPS) is 19.9. The van der Waals surface area contributed by atoms with Gasteiger partial charge in [0.15, 0.2) is 5.75 Å². The molecule has 23 heavy (non-hydrogen) atoms. The van der Waals surface area contributed by atoms with Gasteiger partial charge in [-0.2, -0.15) is 5.26 Å². The van der Waals surface area contributed by atoms with Gasteiger partial charge in [-0.1, -0.05) is 12.1 Å². The van der Waals surface area contributed by atoms with Crippen molar-refractivity contribution in [3.63, 3.8) is 0 Å². The number of hydrogen-bond acceptors (Lipinski definition) is 6. The molecule has 6 heteroatoms. The van der Waals surface area contributed by atoms with Crippen LogP contribution < -0.4 is 10.4 Å². The summed E-state index contributed by atoms with van der Waals surface area (Å²) in [7, 11) is 0. The fourth-order valence-corrected chi connectivity index (χ4v) is 2.91. The number of nitrogens with zero attached hydrogens (tertiary/aromatic N) is 1. The second-order valence-electron chi connectivity index (χ2n) is 5.19. The monoisotopic (exact) mass is 306 g/mol. The van der Waals surface area contributed by atoms with Crippen molar-refractivity contribution in [1.29, 1.82) is 10.7 Å². The summed E-state index contributed by atoms with van der Waals surface area (Å²) in [5, 5.41) is 18.0. The molecule has 0 saturated carbocycles. The van der Waals surface area contributed by atoms with Crippen molar-refractivity contribution in [2.75, 3.05) is 0 Å². The molecule has 1 aliphatic rings. The van der Waals surface area contributed by atoms with Gasteiger partial charge in [0.1, 0.15) is 17.3 Å². The van der Waals surface area contributed by atoms with E-state index in [1.165, 1.54) is 6.26 Å². The molecule has 1 aromatic carbocycles. The first-order valence-corrected chi connectivity index (χ1v) is 6.95. The molecule has 6 nitrogen and oxygen atoms in total. The van der Waals surface area contributed by atoms with E-state index in [1.54, 1.807) is 36.4 Å². The van der Waals surface area contributed by atoms with Crippen molar-refractivity contribution in [3.05, 3.63) is 64.4 Å². The van der Waals surface area contributed by atoms with Crippen LogP contribution in [0, 0.1) is 22.7 Å². The average Bonchev–Trinajstić information content (AvgIpc) is 3.08. The van der Waals surface area contributed by atoms with Crippen LogP contribution in [-0.4, -0.2) is 5.90 Å². The van der Waals surface area contributed by atoms with Gasteiger partial charge in [0.25, 0.3) is 0 Å². The van der Waals surface area contributed by atoms with E-state index in [2.05, 4.69) is 0 Å². The molecule has 2 aromatic heterocycles. The lowest BCUT2D eigenvalue weighted by Crippen LogP contribution is -2.34. The van der Waals surface area contributed by atoms with Crippen LogP contribution in [0.15, 0.2) is 56.3 Å². The maximum atomic E-state index is 12.5. The summed E-state index contributed by atoms with van der Waals surface area (Å²) in [6.07, 6.45) is 1.46. The van der Waals surface area contributed by atoms with Crippen molar-refractivity contribution < 1.29 is 13.6 Å². The van der Waals surface area contributed by atoms with E-state index < -0.39 is 17.5 Å².